The summed E-state index contributed by atoms with van der Waals surface area (Å²) < 4.78 is 0. The van der Waals surface area contributed by atoms with Gasteiger partial charge in [0.05, 0.1) is 6.54 Å². The summed E-state index contributed by atoms with van der Waals surface area (Å²) >= 11 is 6.01. The van der Waals surface area contributed by atoms with Crippen LogP contribution in [0.4, 0.5) is 0 Å². The molecule has 2 rings (SSSR count). The fourth-order valence-corrected chi connectivity index (χ4v) is 2.50. The summed E-state index contributed by atoms with van der Waals surface area (Å²) in [7, 11) is 0. The van der Waals surface area contributed by atoms with Gasteiger partial charge in [-0.05, 0) is 37.5 Å². The highest BCUT2D eigenvalue weighted by molar-refractivity contribution is 6.31. The van der Waals surface area contributed by atoms with Crippen LogP contribution in [0.25, 0.3) is 0 Å². The average Bonchev–Trinajstić information content (AvgIpc) is 2.41. The van der Waals surface area contributed by atoms with Crippen molar-refractivity contribution in [1.29, 1.82) is 0 Å². The van der Waals surface area contributed by atoms with E-state index >= 15 is 0 Å². The van der Waals surface area contributed by atoms with E-state index in [1.54, 1.807) is 18.2 Å². The number of nitrogens with two attached hydrogens (primary N) is 1. The van der Waals surface area contributed by atoms with Crippen LogP contribution < -0.4 is 5.73 Å². The number of piperidine rings is 1. The first-order valence-corrected chi connectivity index (χ1v) is 6.79. The number of hydrogen-bond donors (Lipinski definition) is 2. The van der Waals surface area contributed by atoms with E-state index in [1.165, 1.54) is 4.90 Å². The number of carbonyl (C=O) groups excluding carboxylic acids is 2. The van der Waals surface area contributed by atoms with Gasteiger partial charge in [-0.2, -0.15) is 0 Å². The topological polar surface area (TPSA) is 83.6 Å². The zero-order valence-corrected chi connectivity index (χ0v) is 12.0. The molecule has 3 N–H and O–H groups in total. The van der Waals surface area contributed by atoms with Crippen molar-refractivity contribution in [2.75, 3.05) is 13.1 Å². The molecule has 1 saturated heterocycles. The minimum absolute atomic E-state index is 0.0767. The molecule has 1 aromatic rings. The molecule has 0 aromatic heterocycles. The third-order valence-corrected chi connectivity index (χ3v) is 4.04. The van der Waals surface area contributed by atoms with Crippen LogP contribution in [0.15, 0.2) is 18.2 Å². The van der Waals surface area contributed by atoms with E-state index in [1.807, 2.05) is 6.92 Å². The average molecular weight is 297 g/mol. The van der Waals surface area contributed by atoms with Gasteiger partial charge in [0.1, 0.15) is 0 Å². The molecule has 0 radical (unpaired) electrons. The van der Waals surface area contributed by atoms with Crippen LogP contribution in [-0.2, 0) is 4.79 Å². The maximum absolute atomic E-state index is 12.4. The molecule has 1 fully saturated rings. The van der Waals surface area contributed by atoms with Crippen LogP contribution in [-0.4, -0.2) is 40.5 Å². The van der Waals surface area contributed by atoms with Crippen molar-refractivity contribution in [3.05, 3.63) is 34.3 Å². The Morgan fingerprint density at radius 3 is 2.75 bits per heavy atom. The molecule has 2 amide bonds. The van der Waals surface area contributed by atoms with E-state index < -0.39 is 11.5 Å². The van der Waals surface area contributed by atoms with Gasteiger partial charge in [0.15, 0.2) is 5.60 Å². The molecule has 1 aliphatic rings. The molecule has 1 aliphatic heterocycles. The predicted octanol–water partition coefficient (Wildman–Crippen LogP) is 1.10. The van der Waals surface area contributed by atoms with Crippen LogP contribution in [0.3, 0.4) is 0 Å². The second-order valence-electron chi connectivity index (χ2n) is 5.19. The van der Waals surface area contributed by atoms with E-state index in [4.69, 9.17) is 17.3 Å². The van der Waals surface area contributed by atoms with E-state index in [2.05, 4.69) is 0 Å². The highest BCUT2D eigenvalue weighted by Crippen LogP contribution is 2.24. The molecule has 0 bridgehead atoms. The van der Waals surface area contributed by atoms with Crippen molar-refractivity contribution in [2.24, 2.45) is 5.73 Å². The minimum Gasteiger partial charge on any atom is -0.378 e. The highest BCUT2D eigenvalue weighted by Gasteiger charge is 2.40. The monoisotopic (exact) mass is 296 g/mol. The zero-order chi connectivity index (χ0) is 14.9. The van der Waals surface area contributed by atoms with Crippen molar-refractivity contribution < 1.29 is 14.7 Å². The van der Waals surface area contributed by atoms with Gasteiger partial charge in [0, 0.05) is 17.1 Å². The Morgan fingerprint density at radius 1 is 1.45 bits per heavy atom. The van der Waals surface area contributed by atoms with E-state index in [0.29, 0.717) is 23.6 Å². The van der Waals surface area contributed by atoms with Crippen molar-refractivity contribution in [3.63, 3.8) is 0 Å². The fraction of sp³-hybridized carbons (Fsp3) is 0.429. The molecule has 0 aliphatic carbocycles. The van der Waals surface area contributed by atoms with Crippen molar-refractivity contribution in [2.45, 2.75) is 25.4 Å². The number of nitrogens with zero attached hydrogens (tertiary/aromatic N) is 1. The molecule has 108 valence electrons. The summed E-state index contributed by atoms with van der Waals surface area (Å²) in [6, 6.07) is 5.04. The number of benzene rings is 1. The number of amides is 2. The fourth-order valence-electron chi connectivity index (χ4n) is 2.32. The lowest BCUT2D eigenvalue weighted by Gasteiger charge is -2.37. The summed E-state index contributed by atoms with van der Waals surface area (Å²) in [6.07, 6.45) is 0.811. The van der Waals surface area contributed by atoms with Crippen LogP contribution in [0.1, 0.15) is 28.8 Å². The first kappa shape index (κ1) is 14.8. The number of hydrogen-bond acceptors (Lipinski definition) is 3. The Labute approximate surface area is 122 Å². The Hall–Kier alpha value is -1.59. The van der Waals surface area contributed by atoms with Crippen LogP contribution in [0.5, 0.6) is 0 Å². The van der Waals surface area contributed by atoms with Crippen molar-refractivity contribution in [1.82, 2.24) is 4.90 Å². The van der Waals surface area contributed by atoms with Gasteiger partial charge in [-0.25, -0.2) is 0 Å². The largest absolute Gasteiger partial charge is 0.378 e. The molecule has 0 saturated carbocycles. The van der Waals surface area contributed by atoms with Gasteiger partial charge in [0.2, 0.25) is 0 Å². The molecule has 0 spiro atoms. The third-order valence-electron chi connectivity index (χ3n) is 3.64. The maximum atomic E-state index is 12.4. The van der Waals surface area contributed by atoms with Crippen LogP contribution >= 0.6 is 11.6 Å². The van der Waals surface area contributed by atoms with Gasteiger partial charge in [-0.3, -0.25) is 9.59 Å². The van der Waals surface area contributed by atoms with E-state index in [9.17, 15) is 14.7 Å². The number of halogens is 1. The first-order valence-electron chi connectivity index (χ1n) is 6.41. The summed E-state index contributed by atoms with van der Waals surface area (Å²) in [6.45, 7) is 2.26. The normalized spacial score (nSPS) is 22.6. The number of aryl methyl sites for hydroxylation is 1. The first-order chi connectivity index (χ1) is 9.33. The number of primary amides is 1. The van der Waals surface area contributed by atoms with Gasteiger partial charge >= 0.3 is 0 Å². The number of likely N-dealkylation sites (tertiary alicyclic amines) is 1. The predicted molar refractivity (Wildman–Crippen MR) is 75.5 cm³/mol. The Balaban J connectivity index is 2.20. The molecular formula is C14H17ClN2O3. The summed E-state index contributed by atoms with van der Waals surface area (Å²) in [5, 5.41) is 10.6. The van der Waals surface area contributed by atoms with Crippen LogP contribution in [0.2, 0.25) is 5.02 Å². The van der Waals surface area contributed by atoms with Gasteiger partial charge in [-0.1, -0.05) is 17.7 Å². The number of β-amino-alcohol motifs (C(OH)–C–C–N with tert-alkyl or cyclic N) is 1. The number of aliphatic hydroxyl groups is 1. The molecule has 0 unspecified atom stereocenters. The second kappa shape index (κ2) is 5.42. The molecular weight excluding hydrogens is 280 g/mol. The smallest absolute Gasteiger partial charge is 0.254 e. The lowest BCUT2D eigenvalue weighted by Crippen LogP contribution is -2.57. The minimum atomic E-state index is -1.64. The second-order valence-corrected chi connectivity index (χ2v) is 5.60. The number of carbonyl (C=O) groups is 2. The molecule has 6 heteroatoms. The van der Waals surface area contributed by atoms with Crippen LogP contribution in [0, 0.1) is 6.92 Å². The van der Waals surface area contributed by atoms with Crippen molar-refractivity contribution in [3.8, 4) is 0 Å². The van der Waals surface area contributed by atoms with Crippen molar-refractivity contribution >= 4 is 23.4 Å². The molecule has 1 aromatic carbocycles. The molecule has 5 nitrogen and oxygen atoms in total. The van der Waals surface area contributed by atoms with Gasteiger partial charge in [-0.15, -0.1) is 0 Å². The lowest BCUT2D eigenvalue weighted by atomic mass is 9.92. The SMILES string of the molecule is Cc1ccc(C(=O)N2CCC[C@@](O)(C(N)=O)C2)cc1Cl. The number of rotatable bonds is 2. The van der Waals surface area contributed by atoms with E-state index in [0.717, 1.165) is 5.56 Å². The summed E-state index contributed by atoms with van der Waals surface area (Å²) in [4.78, 5) is 25.1. The van der Waals surface area contributed by atoms with Gasteiger partial charge < -0.3 is 15.7 Å². The zero-order valence-electron chi connectivity index (χ0n) is 11.2. The third kappa shape index (κ3) is 2.78. The lowest BCUT2D eigenvalue weighted by molar-refractivity contribution is -0.140. The summed E-state index contributed by atoms with van der Waals surface area (Å²) in [5.74, 6) is -1.05. The van der Waals surface area contributed by atoms with Gasteiger partial charge in [0.25, 0.3) is 11.8 Å². The Morgan fingerprint density at radius 2 is 2.15 bits per heavy atom. The van der Waals surface area contributed by atoms with E-state index in [-0.39, 0.29) is 18.9 Å². The Bertz CT molecular complexity index is 561. The maximum Gasteiger partial charge on any atom is 0.254 e. The highest BCUT2D eigenvalue weighted by atomic mass is 35.5. The standard InChI is InChI=1S/C14H17ClN2O3/c1-9-3-4-10(7-11(9)15)12(18)17-6-2-5-14(20,8-17)13(16)19/h3-4,7,20H,2,5-6,8H2,1H3,(H2,16,19)/t14-/m0/s1. The molecule has 1 atom stereocenters. The quantitative estimate of drug-likeness (QED) is 0.857. The molecule has 20 heavy (non-hydrogen) atoms. The summed E-state index contributed by atoms with van der Waals surface area (Å²) in [5.41, 5.74) is 4.89. The molecule has 1 heterocycles. The Kier molecular flexibility index (Phi) is 4.01.